The van der Waals surface area contributed by atoms with E-state index in [9.17, 15) is 0 Å². The van der Waals surface area contributed by atoms with E-state index in [1.54, 1.807) is 4.88 Å². The molecule has 1 aliphatic carbocycles. The minimum absolute atomic E-state index is 0.544. The number of aryl methyl sites for hydroxylation is 1. The molecule has 0 N–H and O–H groups in total. The lowest BCUT2D eigenvalue weighted by Crippen LogP contribution is -2.19. The molecule has 1 saturated carbocycles. The molecular weight excluding hydrogens is 310 g/mol. The Balaban J connectivity index is 2.19. The van der Waals surface area contributed by atoms with Crippen LogP contribution in [0.5, 0.6) is 0 Å². The van der Waals surface area contributed by atoms with Gasteiger partial charge < -0.3 is 0 Å². The van der Waals surface area contributed by atoms with Crippen LogP contribution in [-0.4, -0.2) is 5.71 Å². The van der Waals surface area contributed by atoms with Gasteiger partial charge in [0.15, 0.2) is 0 Å². The second-order valence-electron chi connectivity index (χ2n) is 8.10. The zero-order valence-corrected chi connectivity index (χ0v) is 17.4. The number of hydrogen-bond acceptors (Lipinski definition) is 2. The van der Waals surface area contributed by atoms with Crippen molar-refractivity contribution in [3.8, 4) is 0 Å². The van der Waals surface area contributed by atoms with Gasteiger partial charge in [0, 0.05) is 26.7 Å². The summed E-state index contributed by atoms with van der Waals surface area (Å²) in [5.41, 5.74) is 4.37. The molecule has 0 saturated heterocycles. The number of aliphatic imine (C=N–C) groups is 1. The zero-order chi connectivity index (χ0) is 17.7. The minimum atomic E-state index is 0.544. The largest absolute Gasteiger partial charge is 0.258 e. The molecule has 2 heteroatoms. The van der Waals surface area contributed by atoms with Crippen molar-refractivity contribution in [3.63, 3.8) is 0 Å². The summed E-state index contributed by atoms with van der Waals surface area (Å²) in [6, 6.07) is 2.46. The highest BCUT2D eigenvalue weighted by Gasteiger charge is 2.29. The molecule has 0 radical (unpaired) electrons. The molecule has 2 rings (SSSR count). The Labute approximate surface area is 153 Å². The van der Waals surface area contributed by atoms with E-state index in [-0.39, 0.29) is 0 Å². The molecule has 0 amide bonds. The predicted molar refractivity (Wildman–Crippen MR) is 110 cm³/mol. The summed E-state index contributed by atoms with van der Waals surface area (Å²) in [5, 5.41) is 0. The first-order valence-corrected chi connectivity index (χ1v) is 10.5. The molecule has 134 valence electrons. The highest BCUT2D eigenvalue weighted by atomic mass is 32.1. The molecule has 1 aromatic rings. The summed E-state index contributed by atoms with van der Waals surface area (Å²) in [5.74, 6) is 0.769. The van der Waals surface area contributed by atoms with Gasteiger partial charge in [-0.2, -0.15) is 0 Å². The maximum absolute atomic E-state index is 4.93. The molecule has 1 aromatic heterocycles. The quantitative estimate of drug-likeness (QED) is 0.470. The lowest BCUT2D eigenvalue weighted by Gasteiger charge is -2.33. The Bertz CT molecular complexity index is 593. The van der Waals surface area contributed by atoms with E-state index in [1.807, 2.05) is 11.3 Å². The number of thiophene rings is 1. The number of nitrogens with zero attached hydrogens (tertiary/aromatic N) is 1. The van der Waals surface area contributed by atoms with E-state index < -0.39 is 0 Å². The van der Waals surface area contributed by atoms with Crippen LogP contribution in [-0.2, 0) is 0 Å². The topological polar surface area (TPSA) is 12.4 Å². The van der Waals surface area contributed by atoms with Gasteiger partial charge in [0.25, 0.3) is 0 Å². The second-order valence-corrected chi connectivity index (χ2v) is 9.39. The van der Waals surface area contributed by atoms with Crippen molar-refractivity contribution in [2.75, 3.05) is 0 Å². The van der Waals surface area contributed by atoms with Gasteiger partial charge in [0.05, 0.1) is 0 Å². The first kappa shape index (κ1) is 19.4. The molecule has 1 nitrogen and oxygen atoms in total. The van der Waals surface area contributed by atoms with Gasteiger partial charge in [-0.05, 0) is 69.8 Å². The lowest BCUT2D eigenvalue weighted by atomic mass is 9.73. The summed E-state index contributed by atoms with van der Waals surface area (Å²) in [6.45, 7) is 13.7. The van der Waals surface area contributed by atoms with Crippen molar-refractivity contribution in [2.45, 2.75) is 92.4 Å². The van der Waals surface area contributed by atoms with E-state index >= 15 is 0 Å². The molecule has 0 spiro atoms. The van der Waals surface area contributed by atoms with Crippen LogP contribution in [0.4, 0.5) is 0 Å². The Kier molecular flexibility index (Phi) is 6.86. The molecule has 1 fully saturated rings. The smallest absolute Gasteiger partial charge is 0.0487 e. The number of unbranched alkanes of at least 4 members (excludes halogenated alkanes) is 1. The van der Waals surface area contributed by atoms with Gasteiger partial charge in [0.2, 0.25) is 0 Å². The second kappa shape index (κ2) is 8.47. The Morgan fingerprint density at radius 3 is 2.54 bits per heavy atom. The summed E-state index contributed by atoms with van der Waals surface area (Å²) >= 11 is 2.01. The fraction of sp³-hybridized carbons (Fsp3) is 0.682. The molecule has 1 heterocycles. The van der Waals surface area contributed by atoms with Crippen LogP contribution < -0.4 is 0 Å². The van der Waals surface area contributed by atoms with Crippen LogP contribution in [0.15, 0.2) is 22.8 Å². The molecule has 24 heavy (non-hydrogen) atoms. The van der Waals surface area contributed by atoms with E-state index in [0.29, 0.717) is 5.41 Å². The molecular formula is C22H35NS. The number of rotatable bonds is 6. The van der Waals surface area contributed by atoms with Crippen LogP contribution in [0.25, 0.3) is 0 Å². The van der Waals surface area contributed by atoms with E-state index in [2.05, 4.69) is 53.7 Å². The maximum Gasteiger partial charge on any atom is 0.0487 e. The zero-order valence-electron chi connectivity index (χ0n) is 16.5. The van der Waals surface area contributed by atoms with Gasteiger partial charge in [0.1, 0.15) is 0 Å². The van der Waals surface area contributed by atoms with Crippen LogP contribution in [0.1, 0.15) is 101 Å². The van der Waals surface area contributed by atoms with E-state index in [1.165, 1.54) is 54.0 Å². The number of hydrogen-bond donors (Lipinski definition) is 0. The Hall–Kier alpha value is -0.890. The monoisotopic (exact) mass is 345 g/mol. The van der Waals surface area contributed by atoms with Gasteiger partial charge in [-0.1, -0.05) is 40.2 Å². The first-order chi connectivity index (χ1) is 11.4. The normalized spacial score (nSPS) is 19.8. The van der Waals surface area contributed by atoms with Crippen LogP contribution in [0.2, 0.25) is 0 Å². The third kappa shape index (κ3) is 5.05. The van der Waals surface area contributed by atoms with E-state index in [0.717, 1.165) is 18.8 Å². The maximum atomic E-state index is 4.93. The number of allylic oxidation sites excluding steroid dienone is 2. The standard InChI is InChI=1S/C22H35NS/c1-7-9-10-16(3)23-20(8-2)19-15-21(24-17(19)4)18-11-13-22(5,6)14-12-18/h10,15,18H,7-9,11-14H2,1-6H3/b16-10+,23-20-. The van der Waals surface area contributed by atoms with Crippen molar-refractivity contribution in [1.29, 1.82) is 0 Å². The van der Waals surface area contributed by atoms with Crippen LogP contribution in [0.3, 0.4) is 0 Å². The fourth-order valence-electron chi connectivity index (χ4n) is 3.62. The third-order valence-electron chi connectivity index (χ3n) is 5.36. The SMILES string of the molecule is CCC/C=C(C)/N=C(/CC)c1cc(C2CCC(C)(C)CC2)sc1C. The molecule has 0 unspecified atom stereocenters. The summed E-state index contributed by atoms with van der Waals surface area (Å²) < 4.78 is 0. The highest BCUT2D eigenvalue weighted by Crippen LogP contribution is 2.44. The van der Waals surface area contributed by atoms with Gasteiger partial charge in [-0.15, -0.1) is 11.3 Å². The summed E-state index contributed by atoms with van der Waals surface area (Å²) in [7, 11) is 0. The molecule has 0 aliphatic heterocycles. The van der Waals surface area contributed by atoms with Gasteiger partial charge >= 0.3 is 0 Å². The average molecular weight is 346 g/mol. The fourth-order valence-corrected chi connectivity index (χ4v) is 4.84. The first-order valence-electron chi connectivity index (χ1n) is 9.71. The third-order valence-corrected chi connectivity index (χ3v) is 6.58. The van der Waals surface area contributed by atoms with Crippen molar-refractivity contribution < 1.29 is 0 Å². The minimum Gasteiger partial charge on any atom is -0.258 e. The van der Waals surface area contributed by atoms with E-state index in [4.69, 9.17) is 4.99 Å². The van der Waals surface area contributed by atoms with Crippen molar-refractivity contribution in [3.05, 3.63) is 33.2 Å². The van der Waals surface area contributed by atoms with Crippen molar-refractivity contribution in [2.24, 2.45) is 10.4 Å². The predicted octanol–water partition coefficient (Wildman–Crippen LogP) is 7.64. The van der Waals surface area contributed by atoms with Crippen LogP contribution >= 0.6 is 11.3 Å². The molecule has 1 aliphatic rings. The van der Waals surface area contributed by atoms with Gasteiger partial charge in [-0.3, -0.25) is 4.99 Å². The summed E-state index contributed by atoms with van der Waals surface area (Å²) in [4.78, 5) is 7.96. The molecule has 0 atom stereocenters. The summed E-state index contributed by atoms with van der Waals surface area (Å²) in [6.07, 6.45) is 11.0. The highest BCUT2D eigenvalue weighted by molar-refractivity contribution is 7.12. The van der Waals surface area contributed by atoms with Crippen molar-refractivity contribution in [1.82, 2.24) is 0 Å². The Morgan fingerprint density at radius 2 is 1.96 bits per heavy atom. The molecule has 0 aromatic carbocycles. The van der Waals surface area contributed by atoms with Gasteiger partial charge in [-0.25, -0.2) is 0 Å². The molecule has 0 bridgehead atoms. The average Bonchev–Trinajstić information content (AvgIpc) is 2.92. The Morgan fingerprint density at radius 1 is 1.29 bits per heavy atom. The lowest BCUT2D eigenvalue weighted by molar-refractivity contribution is 0.226. The van der Waals surface area contributed by atoms with Crippen LogP contribution in [0, 0.1) is 12.3 Å². The van der Waals surface area contributed by atoms with Crippen molar-refractivity contribution >= 4 is 17.0 Å².